The van der Waals surface area contributed by atoms with Crippen molar-refractivity contribution in [1.29, 1.82) is 0 Å². The van der Waals surface area contributed by atoms with Gasteiger partial charge in [0.25, 0.3) is 0 Å². The van der Waals surface area contributed by atoms with Gasteiger partial charge in [-0.1, -0.05) is 17.7 Å². The van der Waals surface area contributed by atoms with E-state index in [9.17, 15) is 0 Å². The van der Waals surface area contributed by atoms with Crippen LogP contribution >= 0.6 is 8.60 Å². The lowest BCUT2D eigenvalue weighted by molar-refractivity contribution is 0.265. The van der Waals surface area contributed by atoms with Gasteiger partial charge in [0, 0.05) is 12.2 Å². The highest BCUT2D eigenvalue weighted by molar-refractivity contribution is 7.39. The lowest BCUT2D eigenvalue weighted by Gasteiger charge is -2.07. The molecule has 0 heterocycles. The number of hydrogen-bond acceptors (Lipinski definition) is 4. The van der Waals surface area contributed by atoms with Gasteiger partial charge in [0.1, 0.15) is 0 Å². The molecule has 1 aromatic rings. The zero-order valence-corrected chi connectivity index (χ0v) is 8.87. The molecule has 0 radical (unpaired) electrons. The minimum Gasteiger partial charge on any atom is -0.383 e. The standard InChI is InChI=1S/C9H14NO3P/c1-8-2-4-9(5-3-8)10-6-7-13-14(11)12/h2-5,10-12H,6-7H2,1H3. The molecule has 78 valence electrons. The van der Waals surface area contributed by atoms with Gasteiger partial charge in [-0.3, -0.25) is 0 Å². The van der Waals surface area contributed by atoms with Crippen molar-refractivity contribution < 1.29 is 14.3 Å². The maximum atomic E-state index is 8.46. The van der Waals surface area contributed by atoms with Crippen molar-refractivity contribution in [2.45, 2.75) is 6.92 Å². The second-order valence-electron chi connectivity index (χ2n) is 2.88. The first-order valence-electron chi connectivity index (χ1n) is 4.30. The third-order valence-electron chi connectivity index (χ3n) is 1.69. The molecular weight excluding hydrogens is 201 g/mol. The molecule has 0 fully saturated rings. The van der Waals surface area contributed by atoms with Crippen LogP contribution in [0.25, 0.3) is 0 Å². The molecule has 1 rings (SSSR count). The molecule has 0 saturated heterocycles. The van der Waals surface area contributed by atoms with Crippen LogP contribution < -0.4 is 5.32 Å². The highest BCUT2D eigenvalue weighted by Crippen LogP contribution is 2.23. The Morgan fingerprint density at radius 1 is 1.29 bits per heavy atom. The Labute approximate surface area is 84.5 Å². The summed E-state index contributed by atoms with van der Waals surface area (Å²) in [5.41, 5.74) is 2.21. The fraction of sp³-hybridized carbons (Fsp3) is 0.333. The van der Waals surface area contributed by atoms with Crippen LogP contribution in [0.2, 0.25) is 0 Å². The molecule has 1 aromatic carbocycles. The Morgan fingerprint density at radius 2 is 1.93 bits per heavy atom. The van der Waals surface area contributed by atoms with Gasteiger partial charge in [0.05, 0.1) is 6.61 Å². The Bertz CT molecular complexity index is 263. The third kappa shape index (κ3) is 4.53. The van der Waals surface area contributed by atoms with Crippen molar-refractivity contribution in [1.82, 2.24) is 0 Å². The molecule has 3 N–H and O–H groups in total. The number of rotatable bonds is 5. The van der Waals surface area contributed by atoms with Gasteiger partial charge in [-0.15, -0.1) is 0 Å². The first kappa shape index (κ1) is 11.4. The summed E-state index contributed by atoms with van der Waals surface area (Å²) in [6.07, 6.45) is 0. The first-order valence-corrected chi connectivity index (χ1v) is 5.46. The van der Waals surface area contributed by atoms with Crippen molar-refractivity contribution in [3.05, 3.63) is 29.8 Å². The first-order chi connectivity index (χ1) is 6.68. The summed E-state index contributed by atoms with van der Waals surface area (Å²) >= 11 is 0. The Hall–Kier alpha value is -0.670. The van der Waals surface area contributed by atoms with Gasteiger partial charge < -0.3 is 19.6 Å². The highest BCUT2D eigenvalue weighted by atomic mass is 31.2. The predicted molar refractivity (Wildman–Crippen MR) is 57.0 cm³/mol. The zero-order chi connectivity index (χ0) is 10.4. The molecule has 0 spiro atoms. The maximum absolute atomic E-state index is 8.46. The van der Waals surface area contributed by atoms with E-state index in [4.69, 9.17) is 9.79 Å². The van der Waals surface area contributed by atoms with Crippen LogP contribution in [-0.2, 0) is 4.52 Å². The quantitative estimate of drug-likeness (QED) is 0.516. The fourth-order valence-electron chi connectivity index (χ4n) is 0.994. The number of benzene rings is 1. The number of hydrogen-bond donors (Lipinski definition) is 3. The second-order valence-corrected chi connectivity index (χ2v) is 3.64. The van der Waals surface area contributed by atoms with Gasteiger partial charge in [0.2, 0.25) is 0 Å². The van der Waals surface area contributed by atoms with Crippen LogP contribution in [0, 0.1) is 6.92 Å². The number of aryl methyl sites for hydroxylation is 1. The summed E-state index contributed by atoms with van der Waals surface area (Å²) < 4.78 is 4.60. The molecular formula is C9H14NO3P. The van der Waals surface area contributed by atoms with Crippen molar-refractivity contribution >= 4 is 14.3 Å². The van der Waals surface area contributed by atoms with E-state index in [0.29, 0.717) is 6.54 Å². The second kappa shape index (κ2) is 5.94. The van der Waals surface area contributed by atoms with E-state index in [0.717, 1.165) is 5.69 Å². The van der Waals surface area contributed by atoms with Gasteiger partial charge in [0.15, 0.2) is 0 Å². The third-order valence-corrected chi connectivity index (χ3v) is 2.10. The monoisotopic (exact) mass is 215 g/mol. The molecule has 0 saturated carbocycles. The lowest BCUT2D eigenvalue weighted by Crippen LogP contribution is -2.07. The normalized spacial score (nSPS) is 10.6. The molecule has 0 bridgehead atoms. The molecule has 0 aliphatic carbocycles. The summed E-state index contributed by atoms with van der Waals surface area (Å²) in [5.74, 6) is 0. The molecule has 14 heavy (non-hydrogen) atoms. The van der Waals surface area contributed by atoms with Gasteiger partial charge in [-0.2, -0.15) is 0 Å². The van der Waals surface area contributed by atoms with Crippen LogP contribution in [0.1, 0.15) is 5.56 Å². The van der Waals surface area contributed by atoms with Crippen molar-refractivity contribution in [3.8, 4) is 0 Å². The van der Waals surface area contributed by atoms with Crippen molar-refractivity contribution in [3.63, 3.8) is 0 Å². The van der Waals surface area contributed by atoms with Crippen LogP contribution in [-0.4, -0.2) is 22.9 Å². The lowest BCUT2D eigenvalue weighted by atomic mass is 10.2. The summed E-state index contributed by atoms with van der Waals surface area (Å²) in [6.45, 7) is 2.87. The SMILES string of the molecule is Cc1ccc(NCCOP(O)O)cc1. The summed E-state index contributed by atoms with van der Waals surface area (Å²) in [7, 11) is -2.23. The van der Waals surface area contributed by atoms with Gasteiger partial charge in [-0.25, -0.2) is 0 Å². The van der Waals surface area contributed by atoms with Crippen LogP contribution in [0.15, 0.2) is 24.3 Å². The fourth-order valence-corrected chi connectivity index (χ4v) is 1.25. The Kier molecular flexibility index (Phi) is 4.84. The van der Waals surface area contributed by atoms with E-state index in [1.54, 1.807) is 0 Å². The molecule has 0 unspecified atom stereocenters. The molecule has 5 heteroatoms. The maximum Gasteiger partial charge on any atom is 0.327 e. The molecule has 0 amide bonds. The summed E-state index contributed by atoms with van der Waals surface area (Å²) in [4.78, 5) is 16.9. The van der Waals surface area contributed by atoms with E-state index in [2.05, 4.69) is 9.84 Å². The van der Waals surface area contributed by atoms with Crippen molar-refractivity contribution in [2.75, 3.05) is 18.5 Å². The molecule has 0 aliphatic heterocycles. The smallest absolute Gasteiger partial charge is 0.327 e. The minimum atomic E-state index is -2.23. The van der Waals surface area contributed by atoms with Gasteiger partial charge >= 0.3 is 8.60 Å². The van der Waals surface area contributed by atoms with E-state index in [1.165, 1.54) is 5.56 Å². The summed E-state index contributed by atoms with van der Waals surface area (Å²) in [6, 6.07) is 7.95. The van der Waals surface area contributed by atoms with E-state index in [1.807, 2.05) is 31.2 Å². The Balaban J connectivity index is 2.21. The van der Waals surface area contributed by atoms with Crippen LogP contribution in [0.3, 0.4) is 0 Å². The molecule has 0 aliphatic rings. The van der Waals surface area contributed by atoms with E-state index >= 15 is 0 Å². The average Bonchev–Trinajstić information content (AvgIpc) is 2.15. The van der Waals surface area contributed by atoms with Crippen LogP contribution in [0.5, 0.6) is 0 Å². The van der Waals surface area contributed by atoms with Crippen molar-refractivity contribution in [2.24, 2.45) is 0 Å². The molecule has 4 nitrogen and oxygen atoms in total. The van der Waals surface area contributed by atoms with Crippen LogP contribution in [0.4, 0.5) is 5.69 Å². The number of nitrogens with one attached hydrogen (secondary N) is 1. The average molecular weight is 215 g/mol. The van der Waals surface area contributed by atoms with E-state index in [-0.39, 0.29) is 6.61 Å². The summed E-state index contributed by atoms with van der Waals surface area (Å²) in [5, 5.41) is 3.09. The minimum absolute atomic E-state index is 0.284. The predicted octanol–water partition coefficient (Wildman–Crippen LogP) is 1.64. The zero-order valence-electron chi connectivity index (χ0n) is 7.97. The Morgan fingerprint density at radius 3 is 2.50 bits per heavy atom. The number of anilines is 1. The van der Waals surface area contributed by atoms with Gasteiger partial charge in [-0.05, 0) is 19.1 Å². The van der Waals surface area contributed by atoms with E-state index < -0.39 is 8.60 Å². The topological polar surface area (TPSA) is 61.7 Å². The molecule has 0 atom stereocenters. The molecule has 0 aromatic heterocycles. The largest absolute Gasteiger partial charge is 0.383 e. The highest BCUT2D eigenvalue weighted by Gasteiger charge is 1.97.